The van der Waals surface area contributed by atoms with Crippen molar-refractivity contribution in [2.75, 3.05) is 20.1 Å². The van der Waals surface area contributed by atoms with Crippen LogP contribution in [0.4, 0.5) is 4.39 Å². The summed E-state index contributed by atoms with van der Waals surface area (Å²) in [5, 5.41) is 2.76. The SMILES string of the molecule is CN(CC1CCCCN1)S(=O)(=O)c1ncccc1F. The van der Waals surface area contributed by atoms with E-state index >= 15 is 0 Å². The van der Waals surface area contributed by atoms with Crippen LogP contribution in [0.5, 0.6) is 0 Å². The first-order chi connectivity index (χ1) is 9.01. The molecule has 0 spiro atoms. The summed E-state index contributed by atoms with van der Waals surface area (Å²) >= 11 is 0. The van der Waals surface area contributed by atoms with Crippen molar-refractivity contribution in [3.8, 4) is 0 Å². The number of nitrogens with zero attached hydrogens (tertiary/aromatic N) is 2. The zero-order chi connectivity index (χ0) is 13.9. The highest BCUT2D eigenvalue weighted by molar-refractivity contribution is 7.89. The quantitative estimate of drug-likeness (QED) is 0.897. The topological polar surface area (TPSA) is 62.3 Å². The van der Waals surface area contributed by atoms with Crippen LogP contribution in [0.25, 0.3) is 0 Å². The number of likely N-dealkylation sites (N-methyl/N-ethyl adjacent to an activating group) is 1. The maximum absolute atomic E-state index is 13.5. The summed E-state index contributed by atoms with van der Waals surface area (Å²) < 4.78 is 39.2. The van der Waals surface area contributed by atoms with Gasteiger partial charge in [0, 0.05) is 25.8 Å². The van der Waals surface area contributed by atoms with Gasteiger partial charge in [0.1, 0.15) is 0 Å². The van der Waals surface area contributed by atoms with Crippen LogP contribution in [0.1, 0.15) is 19.3 Å². The first kappa shape index (κ1) is 14.4. The van der Waals surface area contributed by atoms with Gasteiger partial charge in [-0.05, 0) is 31.5 Å². The number of rotatable bonds is 4. The van der Waals surface area contributed by atoms with Crippen LogP contribution < -0.4 is 5.32 Å². The molecule has 1 N–H and O–H groups in total. The van der Waals surface area contributed by atoms with Gasteiger partial charge in [0.2, 0.25) is 5.03 Å². The summed E-state index contributed by atoms with van der Waals surface area (Å²) in [6, 6.07) is 2.60. The van der Waals surface area contributed by atoms with Crippen LogP contribution in [-0.4, -0.2) is 43.9 Å². The second-order valence-electron chi connectivity index (χ2n) is 4.72. The zero-order valence-electron chi connectivity index (χ0n) is 10.8. The number of halogens is 1. The molecule has 0 bridgehead atoms. The van der Waals surface area contributed by atoms with E-state index < -0.39 is 20.9 Å². The molecule has 1 aromatic heterocycles. The molecule has 7 heteroatoms. The zero-order valence-corrected chi connectivity index (χ0v) is 11.7. The van der Waals surface area contributed by atoms with Crippen molar-refractivity contribution in [3.63, 3.8) is 0 Å². The molecule has 0 saturated carbocycles. The Balaban J connectivity index is 2.13. The fourth-order valence-corrected chi connectivity index (χ4v) is 3.38. The van der Waals surface area contributed by atoms with Crippen molar-refractivity contribution in [1.29, 1.82) is 0 Å². The summed E-state index contributed by atoms with van der Waals surface area (Å²) in [6.45, 7) is 1.23. The molecule has 0 aliphatic carbocycles. The maximum Gasteiger partial charge on any atom is 0.263 e. The molecular weight excluding hydrogens is 269 g/mol. The highest BCUT2D eigenvalue weighted by Crippen LogP contribution is 2.17. The van der Waals surface area contributed by atoms with Gasteiger partial charge in [-0.2, -0.15) is 4.31 Å². The Kier molecular flexibility index (Phi) is 4.49. The van der Waals surface area contributed by atoms with E-state index in [2.05, 4.69) is 10.3 Å². The summed E-state index contributed by atoms with van der Waals surface area (Å²) in [5.74, 6) is -0.814. The molecule has 1 fully saturated rings. The third-order valence-corrected chi connectivity index (χ3v) is 5.03. The van der Waals surface area contributed by atoms with E-state index in [9.17, 15) is 12.8 Å². The van der Waals surface area contributed by atoms with Crippen LogP contribution in [0.2, 0.25) is 0 Å². The second kappa shape index (κ2) is 5.94. The van der Waals surface area contributed by atoms with Crippen molar-refractivity contribution >= 4 is 10.0 Å². The average Bonchev–Trinajstić information content (AvgIpc) is 2.40. The van der Waals surface area contributed by atoms with Gasteiger partial charge >= 0.3 is 0 Å². The minimum atomic E-state index is -3.86. The van der Waals surface area contributed by atoms with Crippen LogP contribution in [0.3, 0.4) is 0 Å². The van der Waals surface area contributed by atoms with Crippen molar-refractivity contribution in [3.05, 3.63) is 24.1 Å². The molecule has 0 amide bonds. The molecular formula is C12H18FN3O2S. The highest BCUT2D eigenvalue weighted by atomic mass is 32.2. The number of piperidine rings is 1. The minimum Gasteiger partial charge on any atom is -0.313 e. The lowest BCUT2D eigenvalue weighted by molar-refractivity contribution is 0.336. The van der Waals surface area contributed by atoms with E-state index in [0.717, 1.165) is 31.9 Å². The number of hydrogen-bond donors (Lipinski definition) is 1. The fraction of sp³-hybridized carbons (Fsp3) is 0.583. The van der Waals surface area contributed by atoms with Crippen LogP contribution in [-0.2, 0) is 10.0 Å². The van der Waals surface area contributed by atoms with E-state index in [0.29, 0.717) is 6.54 Å². The Morgan fingerprint density at radius 3 is 2.95 bits per heavy atom. The Morgan fingerprint density at radius 2 is 2.32 bits per heavy atom. The minimum absolute atomic E-state index is 0.125. The molecule has 5 nitrogen and oxygen atoms in total. The molecule has 1 aromatic rings. The van der Waals surface area contributed by atoms with Gasteiger partial charge in [0.25, 0.3) is 10.0 Å². The third-order valence-electron chi connectivity index (χ3n) is 3.27. The molecule has 0 aromatic carbocycles. The standard InChI is InChI=1S/C12H18FN3O2S/c1-16(9-10-5-2-3-7-14-10)19(17,18)12-11(13)6-4-8-15-12/h4,6,8,10,14H,2-3,5,7,9H2,1H3. The first-order valence-corrected chi connectivity index (χ1v) is 7.76. The maximum atomic E-state index is 13.5. The molecule has 1 atom stereocenters. The first-order valence-electron chi connectivity index (χ1n) is 6.32. The van der Waals surface area contributed by atoms with Crippen LogP contribution in [0, 0.1) is 5.82 Å². The van der Waals surface area contributed by atoms with E-state index in [1.807, 2.05) is 0 Å². The Hall–Kier alpha value is -1.05. The van der Waals surface area contributed by atoms with E-state index in [1.165, 1.54) is 23.6 Å². The molecule has 1 unspecified atom stereocenters. The summed E-state index contributed by atoms with van der Waals surface area (Å²) in [5.41, 5.74) is 0. The molecule has 1 aliphatic heterocycles. The number of hydrogen-bond acceptors (Lipinski definition) is 4. The van der Waals surface area contributed by atoms with Gasteiger partial charge in [-0.3, -0.25) is 0 Å². The Morgan fingerprint density at radius 1 is 1.53 bits per heavy atom. The highest BCUT2D eigenvalue weighted by Gasteiger charge is 2.28. The molecule has 2 heterocycles. The Labute approximate surface area is 112 Å². The van der Waals surface area contributed by atoms with Crippen LogP contribution >= 0.6 is 0 Å². The van der Waals surface area contributed by atoms with Crippen LogP contribution in [0.15, 0.2) is 23.4 Å². The largest absolute Gasteiger partial charge is 0.313 e. The van der Waals surface area contributed by atoms with Gasteiger partial charge < -0.3 is 5.32 Å². The lowest BCUT2D eigenvalue weighted by atomic mass is 10.1. The molecule has 1 saturated heterocycles. The Bertz CT molecular complexity index is 530. The van der Waals surface area contributed by atoms with Crippen molar-refractivity contribution in [1.82, 2.24) is 14.6 Å². The summed E-state index contributed by atoms with van der Waals surface area (Å²) in [4.78, 5) is 3.64. The van der Waals surface area contributed by atoms with Crippen molar-refractivity contribution < 1.29 is 12.8 Å². The number of sulfonamides is 1. The van der Waals surface area contributed by atoms with Gasteiger partial charge in [0.05, 0.1) is 0 Å². The van der Waals surface area contributed by atoms with E-state index in [1.54, 1.807) is 0 Å². The predicted octanol–water partition coefficient (Wildman–Crippen LogP) is 0.983. The molecule has 106 valence electrons. The van der Waals surface area contributed by atoms with E-state index in [-0.39, 0.29) is 6.04 Å². The normalized spacial score (nSPS) is 20.7. The third kappa shape index (κ3) is 3.29. The summed E-state index contributed by atoms with van der Waals surface area (Å²) in [7, 11) is -2.40. The van der Waals surface area contributed by atoms with E-state index in [4.69, 9.17) is 0 Å². The smallest absolute Gasteiger partial charge is 0.263 e. The number of nitrogens with one attached hydrogen (secondary N) is 1. The van der Waals surface area contributed by atoms with Gasteiger partial charge in [0.15, 0.2) is 5.82 Å². The molecule has 19 heavy (non-hydrogen) atoms. The fourth-order valence-electron chi connectivity index (χ4n) is 2.20. The lowest BCUT2D eigenvalue weighted by Crippen LogP contribution is -2.44. The summed E-state index contributed by atoms with van der Waals surface area (Å²) in [6.07, 6.45) is 4.42. The molecule has 1 aliphatic rings. The van der Waals surface area contributed by atoms with Gasteiger partial charge in [-0.25, -0.2) is 17.8 Å². The number of pyridine rings is 1. The molecule has 2 rings (SSSR count). The molecule has 0 radical (unpaired) electrons. The monoisotopic (exact) mass is 287 g/mol. The van der Waals surface area contributed by atoms with Gasteiger partial charge in [-0.1, -0.05) is 6.42 Å². The van der Waals surface area contributed by atoms with Gasteiger partial charge in [-0.15, -0.1) is 0 Å². The lowest BCUT2D eigenvalue weighted by Gasteiger charge is -2.27. The second-order valence-corrected chi connectivity index (χ2v) is 6.68. The predicted molar refractivity (Wildman–Crippen MR) is 69.7 cm³/mol. The number of aromatic nitrogens is 1. The van der Waals surface area contributed by atoms with Crippen molar-refractivity contribution in [2.45, 2.75) is 30.3 Å². The average molecular weight is 287 g/mol. The van der Waals surface area contributed by atoms with Crippen molar-refractivity contribution in [2.24, 2.45) is 0 Å².